The maximum Gasteiger partial charge on any atom is 0.342 e. The molecule has 0 aliphatic heterocycles. The van der Waals surface area contributed by atoms with Crippen LogP contribution in [0.25, 0.3) is 0 Å². The third-order valence-electron chi connectivity index (χ3n) is 3.76. The van der Waals surface area contributed by atoms with Crippen LogP contribution in [0.2, 0.25) is 0 Å². The molecule has 150 valence electrons. The maximum absolute atomic E-state index is 12.3. The lowest BCUT2D eigenvalue weighted by atomic mass is 10.1. The Morgan fingerprint density at radius 3 is 2.07 bits per heavy atom. The predicted octanol–water partition coefficient (Wildman–Crippen LogP) is 1.40. The minimum Gasteiger partial charge on any atom is -0.496 e. The molecule has 2 aromatic carbocycles. The van der Waals surface area contributed by atoms with Gasteiger partial charge in [0.2, 0.25) is 10.0 Å². The first-order valence-electron chi connectivity index (χ1n) is 7.84. The molecule has 28 heavy (non-hydrogen) atoms. The van der Waals surface area contributed by atoms with E-state index in [1.165, 1.54) is 45.6 Å². The van der Waals surface area contributed by atoms with Gasteiger partial charge < -0.3 is 18.9 Å². The molecular weight excluding hydrogens is 390 g/mol. The third kappa shape index (κ3) is 4.78. The molecule has 0 spiro atoms. The summed E-state index contributed by atoms with van der Waals surface area (Å²) in [4.78, 5) is 24.4. The van der Waals surface area contributed by atoms with Crippen LogP contribution in [0.1, 0.15) is 20.7 Å². The van der Waals surface area contributed by atoms with Gasteiger partial charge in [0.15, 0.2) is 23.9 Å². The molecule has 0 bridgehead atoms. The number of esters is 1. The fourth-order valence-corrected chi connectivity index (χ4v) is 2.87. The zero-order valence-electron chi connectivity index (χ0n) is 15.4. The molecule has 0 unspecified atom stereocenters. The number of methoxy groups -OCH3 is 3. The molecule has 0 aliphatic rings. The van der Waals surface area contributed by atoms with E-state index in [1.807, 2.05) is 0 Å². The number of rotatable bonds is 8. The lowest BCUT2D eigenvalue weighted by Crippen LogP contribution is -2.17. The molecule has 2 aromatic rings. The van der Waals surface area contributed by atoms with Gasteiger partial charge in [0, 0.05) is 5.56 Å². The smallest absolute Gasteiger partial charge is 0.342 e. The Bertz CT molecular complexity index is 1000. The van der Waals surface area contributed by atoms with Crippen LogP contribution in [0.4, 0.5) is 0 Å². The Labute approximate surface area is 162 Å². The van der Waals surface area contributed by atoms with Crippen LogP contribution in [0.5, 0.6) is 17.2 Å². The van der Waals surface area contributed by atoms with Crippen molar-refractivity contribution in [2.24, 2.45) is 5.14 Å². The summed E-state index contributed by atoms with van der Waals surface area (Å²) in [6.45, 7) is -0.572. The third-order valence-corrected chi connectivity index (χ3v) is 4.67. The average Bonchev–Trinajstić information content (AvgIpc) is 2.69. The van der Waals surface area contributed by atoms with E-state index in [4.69, 9.17) is 24.1 Å². The molecule has 2 rings (SSSR count). The summed E-state index contributed by atoms with van der Waals surface area (Å²) in [7, 11) is 0.165. The number of nitrogens with two attached hydrogens (primary N) is 1. The van der Waals surface area contributed by atoms with Gasteiger partial charge in [-0.1, -0.05) is 0 Å². The van der Waals surface area contributed by atoms with Crippen LogP contribution >= 0.6 is 0 Å². The number of sulfonamides is 1. The van der Waals surface area contributed by atoms with Gasteiger partial charge >= 0.3 is 5.97 Å². The minimum absolute atomic E-state index is 0.0796. The van der Waals surface area contributed by atoms with Crippen molar-refractivity contribution in [1.29, 1.82) is 0 Å². The summed E-state index contributed by atoms with van der Waals surface area (Å²) >= 11 is 0. The molecule has 0 saturated heterocycles. The first-order valence-corrected chi connectivity index (χ1v) is 9.39. The summed E-state index contributed by atoms with van der Waals surface area (Å²) in [6.07, 6.45) is 0. The van der Waals surface area contributed by atoms with Crippen molar-refractivity contribution in [3.63, 3.8) is 0 Å². The molecular formula is C18H19NO8S. The first-order chi connectivity index (χ1) is 13.2. The zero-order valence-corrected chi connectivity index (χ0v) is 16.2. The van der Waals surface area contributed by atoms with E-state index in [0.717, 1.165) is 6.07 Å². The predicted molar refractivity (Wildman–Crippen MR) is 98.5 cm³/mol. The number of hydrogen-bond acceptors (Lipinski definition) is 8. The van der Waals surface area contributed by atoms with Gasteiger partial charge in [-0.15, -0.1) is 0 Å². The Hall–Kier alpha value is -3.11. The zero-order chi connectivity index (χ0) is 20.9. The van der Waals surface area contributed by atoms with Gasteiger partial charge in [0.05, 0.1) is 26.2 Å². The molecule has 0 saturated carbocycles. The van der Waals surface area contributed by atoms with Crippen molar-refractivity contribution in [3.05, 3.63) is 47.5 Å². The molecule has 0 amide bonds. The largest absolute Gasteiger partial charge is 0.496 e. The van der Waals surface area contributed by atoms with Gasteiger partial charge in [-0.05, 0) is 36.4 Å². The minimum atomic E-state index is -4.03. The van der Waals surface area contributed by atoms with Crippen molar-refractivity contribution in [3.8, 4) is 17.2 Å². The van der Waals surface area contributed by atoms with Crippen molar-refractivity contribution in [1.82, 2.24) is 0 Å². The van der Waals surface area contributed by atoms with E-state index >= 15 is 0 Å². The molecule has 0 atom stereocenters. The fraction of sp³-hybridized carbons (Fsp3) is 0.222. The van der Waals surface area contributed by atoms with Gasteiger partial charge in [-0.25, -0.2) is 18.4 Å². The number of benzene rings is 2. The van der Waals surface area contributed by atoms with Crippen LogP contribution < -0.4 is 19.3 Å². The summed E-state index contributed by atoms with van der Waals surface area (Å²) in [5, 5.41) is 5.07. The average molecular weight is 409 g/mol. The Morgan fingerprint density at radius 1 is 0.893 bits per heavy atom. The summed E-state index contributed by atoms with van der Waals surface area (Å²) < 4.78 is 43.2. The van der Waals surface area contributed by atoms with Crippen LogP contribution in [0.3, 0.4) is 0 Å². The molecule has 10 heteroatoms. The molecule has 2 N–H and O–H groups in total. The van der Waals surface area contributed by atoms with Crippen LogP contribution in [0.15, 0.2) is 41.3 Å². The highest BCUT2D eigenvalue weighted by Gasteiger charge is 2.20. The second kappa shape index (κ2) is 8.72. The molecule has 9 nitrogen and oxygen atoms in total. The van der Waals surface area contributed by atoms with Gasteiger partial charge in [-0.3, -0.25) is 4.79 Å². The molecule has 0 fully saturated rings. The van der Waals surface area contributed by atoms with E-state index in [9.17, 15) is 18.0 Å². The van der Waals surface area contributed by atoms with E-state index in [-0.39, 0.29) is 21.8 Å². The molecule has 0 aromatic heterocycles. The maximum atomic E-state index is 12.3. The highest BCUT2D eigenvalue weighted by atomic mass is 32.2. The number of carbonyl (C=O) groups excluding carboxylic acids is 2. The number of Topliss-reactive ketones (excluding diaryl/α,β-unsaturated/α-hetero) is 1. The monoisotopic (exact) mass is 409 g/mol. The molecule has 0 radical (unpaired) electrons. The quantitative estimate of drug-likeness (QED) is 0.511. The standard InChI is InChI=1S/C18H19NO8S/c1-24-15-7-5-12(28(19,22)23)9-13(15)18(21)27-10-14(20)11-4-6-16(25-2)17(8-11)26-3/h4-9H,10H2,1-3H3,(H2,19,22,23). The number of ether oxygens (including phenoxy) is 4. The number of carbonyl (C=O) groups is 2. The van der Waals surface area contributed by atoms with E-state index in [1.54, 1.807) is 6.07 Å². The number of ketones is 1. The normalized spacial score (nSPS) is 10.9. The Kier molecular flexibility index (Phi) is 6.60. The lowest BCUT2D eigenvalue weighted by Gasteiger charge is -2.11. The SMILES string of the molecule is COc1ccc(C(=O)COC(=O)c2cc(S(N)(=O)=O)ccc2OC)cc1OC. The summed E-state index contributed by atoms with van der Waals surface area (Å²) in [6, 6.07) is 7.99. The van der Waals surface area contributed by atoms with Crippen LogP contribution in [0, 0.1) is 0 Å². The highest BCUT2D eigenvalue weighted by Crippen LogP contribution is 2.28. The molecule has 0 aliphatic carbocycles. The second-order valence-corrected chi connectivity index (χ2v) is 7.04. The highest BCUT2D eigenvalue weighted by molar-refractivity contribution is 7.89. The second-order valence-electron chi connectivity index (χ2n) is 5.48. The molecule has 0 heterocycles. The van der Waals surface area contributed by atoms with Crippen LogP contribution in [-0.2, 0) is 14.8 Å². The summed E-state index contributed by atoms with van der Waals surface area (Å²) in [5.74, 6) is -0.550. The van der Waals surface area contributed by atoms with Gasteiger partial charge in [0.25, 0.3) is 0 Å². The Morgan fingerprint density at radius 2 is 1.50 bits per heavy atom. The topological polar surface area (TPSA) is 131 Å². The van der Waals surface area contributed by atoms with E-state index in [0.29, 0.717) is 11.5 Å². The van der Waals surface area contributed by atoms with Crippen molar-refractivity contribution in [2.75, 3.05) is 27.9 Å². The number of hydrogen-bond donors (Lipinski definition) is 1. The van der Waals surface area contributed by atoms with E-state index < -0.39 is 28.4 Å². The van der Waals surface area contributed by atoms with E-state index in [2.05, 4.69) is 0 Å². The Balaban J connectivity index is 2.19. The van der Waals surface area contributed by atoms with Gasteiger partial charge in [0.1, 0.15) is 11.3 Å². The lowest BCUT2D eigenvalue weighted by molar-refractivity contribution is 0.0471. The first kappa shape index (κ1) is 21.2. The fourth-order valence-electron chi connectivity index (χ4n) is 2.33. The van der Waals surface area contributed by atoms with Crippen molar-refractivity contribution in [2.45, 2.75) is 4.90 Å². The summed E-state index contributed by atoms with van der Waals surface area (Å²) in [5.41, 5.74) is 0.0739. The van der Waals surface area contributed by atoms with Crippen LogP contribution in [-0.4, -0.2) is 48.1 Å². The van der Waals surface area contributed by atoms with Crippen molar-refractivity contribution >= 4 is 21.8 Å². The number of primary sulfonamides is 1. The van der Waals surface area contributed by atoms with Crippen molar-refractivity contribution < 1.29 is 37.0 Å². The van der Waals surface area contributed by atoms with Gasteiger partial charge in [-0.2, -0.15) is 0 Å².